The minimum absolute atomic E-state index is 0. The number of hydrogen-bond donors (Lipinski definition) is 3. The van der Waals surface area contributed by atoms with E-state index in [0.29, 0.717) is 0 Å². The van der Waals surface area contributed by atoms with Crippen LogP contribution in [-0.4, -0.2) is 31.4 Å². The first kappa shape index (κ1) is 18.6. The number of halogens is 3. The normalized spacial score (nSPS) is 13.5. The van der Waals surface area contributed by atoms with Crippen molar-refractivity contribution in [2.24, 2.45) is 10.7 Å². The van der Waals surface area contributed by atoms with Crippen LogP contribution in [0.2, 0.25) is 0 Å². The minimum atomic E-state index is -2.57. The van der Waals surface area contributed by atoms with Crippen molar-refractivity contribution in [2.45, 2.75) is 25.7 Å². The quantitative estimate of drug-likeness (QED) is 0.384. The van der Waals surface area contributed by atoms with E-state index in [2.05, 4.69) is 15.6 Å². The molecule has 0 spiro atoms. The third kappa shape index (κ3) is 5.74. The van der Waals surface area contributed by atoms with Gasteiger partial charge in [-0.1, -0.05) is 6.07 Å². The molecule has 0 saturated carbocycles. The molecule has 122 valence electrons. The summed E-state index contributed by atoms with van der Waals surface area (Å²) in [6, 6.07) is 5.97. The molecule has 0 aromatic heterocycles. The number of alkyl halides is 2. The zero-order valence-corrected chi connectivity index (χ0v) is 14.3. The van der Waals surface area contributed by atoms with Crippen LogP contribution in [-0.2, 0) is 17.6 Å². The van der Waals surface area contributed by atoms with E-state index in [1.807, 2.05) is 18.2 Å². The molecule has 1 amide bonds. The fraction of sp³-hybridized carbons (Fsp3) is 0.429. The molecule has 1 aromatic rings. The fourth-order valence-electron chi connectivity index (χ4n) is 2.24. The number of carbonyl (C=O) groups is 1. The summed E-state index contributed by atoms with van der Waals surface area (Å²) in [7, 11) is 0. The number of benzene rings is 1. The second-order valence-corrected chi connectivity index (χ2v) is 4.86. The molecule has 22 heavy (non-hydrogen) atoms. The molecule has 4 N–H and O–H groups in total. The van der Waals surface area contributed by atoms with Crippen LogP contribution in [0.3, 0.4) is 0 Å². The second kappa shape index (κ2) is 8.86. The van der Waals surface area contributed by atoms with Gasteiger partial charge in [0, 0.05) is 5.69 Å². The lowest BCUT2D eigenvalue weighted by molar-refractivity contribution is -0.120. The third-order valence-corrected chi connectivity index (χ3v) is 3.22. The molecule has 0 fully saturated rings. The predicted molar refractivity (Wildman–Crippen MR) is 93.0 cm³/mol. The van der Waals surface area contributed by atoms with E-state index >= 15 is 0 Å². The highest BCUT2D eigenvalue weighted by molar-refractivity contribution is 14.0. The van der Waals surface area contributed by atoms with Gasteiger partial charge in [-0.2, -0.15) is 0 Å². The highest BCUT2D eigenvalue weighted by Crippen LogP contribution is 2.24. The van der Waals surface area contributed by atoms with Crippen LogP contribution in [0.4, 0.5) is 14.5 Å². The maximum absolute atomic E-state index is 11.9. The number of rotatable bonds is 5. The summed E-state index contributed by atoms with van der Waals surface area (Å²) in [6.45, 7) is -0.955. The number of aliphatic imine (C=N–C) groups is 1. The molecule has 0 unspecified atom stereocenters. The van der Waals surface area contributed by atoms with Crippen molar-refractivity contribution in [1.82, 2.24) is 5.32 Å². The van der Waals surface area contributed by atoms with Crippen molar-refractivity contribution in [3.05, 3.63) is 29.3 Å². The number of nitrogens with one attached hydrogen (secondary N) is 2. The lowest BCUT2D eigenvalue weighted by Crippen LogP contribution is -2.32. The van der Waals surface area contributed by atoms with Gasteiger partial charge in [-0.25, -0.2) is 13.8 Å². The number of aryl methyl sites for hydroxylation is 2. The Bertz CT molecular complexity index is 552. The first-order valence-corrected chi connectivity index (χ1v) is 6.78. The lowest BCUT2D eigenvalue weighted by Gasteiger charge is -2.08. The van der Waals surface area contributed by atoms with Crippen LogP contribution >= 0.6 is 24.0 Å². The molecule has 0 aliphatic heterocycles. The van der Waals surface area contributed by atoms with Gasteiger partial charge in [-0.15, -0.1) is 24.0 Å². The van der Waals surface area contributed by atoms with Crippen LogP contribution in [0, 0.1) is 0 Å². The van der Waals surface area contributed by atoms with E-state index in [1.54, 1.807) is 0 Å². The summed E-state index contributed by atoms with van der Waals surface area (Å²) < 4.78 is 23.8. The number of guanidine groups is 1. The molecule has 5 nitrogen and oxygen atoms in total. The zero-order chi connectivity index (χ0) is 15.2. The summed E-state index contributed by atoms with van der Waals surface area (Å²) in [6.07, 6.45) is 0.744. The molecule has 1 aliphatic carbocycles. The Kier molecular flexibility index (Phi) is 7.49. The van der Waals surface area contributed by atoms with Gasteiger partial charge in [-0.3, -0.25) is 4.79 Å². The summed E-state index contributed by atoms with van der Waals surface area (Å²) >= 11 is 0. The Morgan fingerprint density at radius 2 is 2.05 bits per heavy atom. The molecule has 1 aliphatic rings. The smallest absolute Gasteiger partial charge is 0.255 e. The van der Waals surface area contributed by atoms with Crippen LogP contribution in [0.25, 0.3) is 0 Å². The lowest BCUT2D eigenvalue weighted by atomic mass is 10.1. The standard InChI is InChI=1S/C14H18F2N4O.HI/c15-12(16)7-18-13(21)8-19-14(17)20-11-5-4-9-2-1-3-10(9)6-11;/h4-6,12H,1-3,7-8H2,(H,18,21)(H3,17,19,20);1H. The molecular formula is C14H19F2IN4O. The molecular weight excluding hydrogens is 405 g/mol. The van der Waals surface area contributed by atoms with Crippen molar-refractivity contribution in [2.75, 3.05) is 18.4 Å². The number of nitrogens with two attached hydrogens (primary N) is 1. The SMILES string of the molecule is I.NC(=NCC(=O)NCC(F)F)Nc1ccc2c(c1)CCC2. The topological polar surface area (TPSA) is 79.5 Å². The predicted octanol–water partition coefficient (Wildman–Crippen LogP) is 1.90. The first-order chi connectivity index (χ1) is 10.0. The van der Waals surface area contributed by atoms with Gasteiger partial charge in [0.2, 0.25) is 5.91 Å². The zero-order valence-electron chi connectivity index (χ0n) is 11.9. The number of amides is 1. The van der Waals surface area contributed by atoms with Gasteiger partial charge in [0.25, 0.3) is 6.43 Å². The van der Waals surface area contributed by atoms with Crippen LogP contribution in [0.1, 0.15) is 17.5 Å². The summed E-state index contributed by atoms with van der Waals surface area (Å²) in [4.78, 5) is 15.0. The van der Waals surface area contributed by atoms with Gasteiger partial charge in [0.05, 0.1) is 6.54 Å². The number of fused-ring (bicyclic) bond motifs is 1. The molecule has 0 atom stereocenters. The number of anilines is 1. The number of carbonyl (C=O) groups excluding carboxylic acids is 1. The average molecular weight is 424 g/mol. The molecule has 1 aromatic carbocycles. The van der Waals surface area contributed by atoms with E-state index < -0.39 is 18.9 Å². The molecule has 2 rings (SSSR count). The third-order valence-electron chi connectivity index (χ3n) is 3.22. The largest absolute Gasteiger partial charge is 0.370 e. The Morgan fingerprint density at radius 1 is 1.32 bits per heavy atom. The Balaban J connectivity index is 0.00000242. The van der Waals surface area contributed by atoms with Crippen LogP contribution in [0.15, 0.2) is 23.2 Å². The van der Waals surface area contributed by atoms with Crippen LogP contribution in [0.5, 0.6) is 0 Å². The van der Waals surface area contributed by atoms with Crippen molar-refractivity contribution >= 4 is 41.5 Å². The van der Waals surface area contributed by atoms with Crippen molar-refractivity contribution < 1.29 is 13.6 Å². The first-order valence-electron chi connectivity index (χ1n) is 6.78. The van der Waals surface area contributed by atoms with E-state index in [1.165, 1.54) is 11.1 Å². The van der Waals surface area contributed by atoms with Crippen molar-refractivity contribution in [1.29, 1.82) is 0 Å². The number of hydrogen-bond acceptors (Lipinski definition) is 2. The molecule has 0 radical (unpaired) electrons. The number of nitrogens with zero attached hydrogens (tertiary/aromatic N) is 1. The Labute approximate surface area is 144 Å². The van der Waals surface area contributed by atoms with E-state index in [9.17, 15) is 13.6 Å². The highest BCUT2D eigenvalue weighted by Gasteiger charge is 2.11. The maximum Gasteiger partial charge on any atom is 0.255 e. The molecule has 8 heteroatoms. The second-order valence-electron chi connectivity index (χ2n) is 4.86. The van der Waals surface area contributed by atoms with Gasteiger partial charge in [0.1, 0.15) is 6.54 Å². The van der Waals surface area contributed by atoms with Gasteiger partial charge < -0.3 is 16.4 Å². The Hall–Kier alpha value is -1.45. The van der Waals surface area contributed by atoms with E-state index in [-0.39, 0.29) is 36.5 Å². The summed E-state index contributed by atoms with van der Waals surface area (Å²) in [5.41, 5.74) is 9.12. The minimum Gasteiger partial charge on any atom is -0.370 e. The average Bonchev–Trinajstić information content (AvgIpc) is 2.90. The Morgan fingerprint density at radius 3 is 2.77 bits per heavy atom. The van der Waals surface area contributed by atoms with Crippen LogP contribution < -0.4 is 16.4 Å². The molecule has 0 saturated heterocycles. The summed E-state index contributed by atoms with van der Waals surface area (Å²) in [5, 5.41) is 4.95. The van der Waals surface area contributed by atoms with E-state index in [4.69, 9.17) is 5.73 Å². The monoisotopic (exact) mass is 424 g/mol. The maximum atomic E-state index is 11.9. The fourth-order valence-corrected chi connectivity index (χ4v) is 2.24. The van der Waals surface area contributed by atoms with Gasteiger partial charge >= 0.3 is 0 Å². The molecule has 0 bridgehead atoms. The highest BCUT2D eigenvalue weighted by atomic mass is 127. The van der Waals surface area contributed by atoms with Gasteiger partial charge in [-0.05, 0) is 42.5 Å². The summed E-state index contributed by atoms with van der Waals surface area (Å²) in [5.74, 6) is -0.505. The van der Waals surface area contributed by atoms with E-state index in [0.717, 1.165) is 24.9 Å². The van der Waals surface area contributed by atoms with Crippen molar-refractivity contribution in [3.63, 3.8) is 0 Å². The van der Waals surface area contributed by atoms with Crippen molar-refractivity contribution in [3.8, 4) is 0 Å². The van der Waals surface area contributed by atoms with Gasteiger partial charge in [0.15, 0.2) is 5.96 Å². The molecule has 0 heterocycles.